The SMILES string of the molecule is N=C(NC(=O)OCCCCCCCCCCCCCCCCCCCOOOOOOOOO)c1ccc(N)cc1. The number of carbonyl (C=O) groups is 1. The number of hydrogen-bond donors (Lipinski definition) is 4. The smallest absolute Gasteiger partial charge is 0.412 e. The highest BCUT2D eigenvalue weighted by Gasteiger charge is 2.07. The van der Waals surface area contributed by atoms with Crippen molar-refractivity contribution in [3.63, 3.8) is 0 Å². The predicted molar refractivity (Wildman–Crippen MR) is 147 cm³/mol. The van der Waals surface area contributed by atoms with E-state index in [2.05, 4.69) is 45.5 Å². The fourth-order valence-electron chi connectivity index (χ4n) is 4.05. The average Bonchev–Trinajstić information content (AvgIpc) is 2.97. The molecule has 1 aromatic carbocycles. The molecule has 41 heavy (non-hydrogen) atoms. The topological polar surface area (TPSA) is 182 Å². The van der Waals surface area contributed by atoms with Gasteiger partial charge in [-0.2, -0.15) is 0 Å². The molecule has 0 saturated carbocycles. The van der Waals surface area contributed by atoms with Gasteiger partial charge in [0.05, 0.1) is 13.2 Å². The number of alkyl carbamates (subject to hydrolysis) is 1. The molecule has 14 nitrogen and oxygen atoms in total. The van der Waals surface area contributed by atoms with E-state index in [0.717, 1.165) is 38.5 Å². The number of benzene rings is 1. The molecule has 0 bridgehead atoms. The highest BCUT2D eigenvalue weighted by Crippen LogP contribution is 2.14. The Morgan fingerprint density at radius 2 is 1.05 bits per heavy atom. The minimum absolute atomic E-state index is 0.00229. The van der Waals surface area contributed by atoms with Gasteiger partial charge in [-0.1, -0.05) is 96.3 Å². The number of carbonyl (C=O) groups excluding carboxylic acids is 1. The van der Waals surface area contributed by atoms with E-state index in [4.69, 9.17) is 21.1 Å². The van der Waals surface area contributed by atoms with Gasteiger partial charge in [0, 0.05) is 11.3 Å². The Balaban J connectivity index is 1.72. The lowest BCUT2D eigenvalue weighted by atomic mass is 10.0. The van der Waals surface area contributed by atoms with Gasteiger partial charge >= 0.3 is 6.09 Å². The van der Waals surface area contributed by atoms with Crippen molar-refractivity contribution < 1.29 is 54.9 Å². The summed E-state index contributed by atoms with van der Waals surface area (Å²) < 4.78 is 5.16. The van der Waals surface area contributed by atoms with Crippen molar-refractivity contribution in [2.45, 2.75) is 109 Å². The van der Waals surface area contributed by atoms with Crippen LogP contribution in [-0.2, 0) is 44.9 Å². The molecule has 14 heteroatoms. The van der Waals surface area contributed by atoms with E-state index in [9.17, 15) is 4.79 Å². The molecule has 0 spiro atoms. The number of amidine groups is 1. The summed E-state index contributed by atoms with van der Waals surface area (Å²) in [7, 11) is 0. The van der Waals surface area contributed by atoms with E-state index in [1.165, 1.54) is 70.6 Å². The zero-order chi connectivity index (χ0) is 29.6. The molecule has 1 aromatic rings. The van der Waals surface area contributed by atoms with Gasteiger partial charge in [-0.05, 0) is 72.4 Å². The van der Waals surface area contributed by atoms with Gasteiger partial charge in [-0.3, -0.25) is 10.7 Å². The van der Waals surface area contributed by atoms with Crippen LogP contribution in [0.2, 0.25) is 0 Å². The van der Waals surface area contributed by atoms with Crippen LogP contribution in [0.3, 0.4) is 0 Å². The van der Waals surface area contributed by atoms with Crippen molar-refractivity contribution >= 4 is 17.6 Å². The summed E-state index contributed by atoms with van der Waals surface area (Å²) in [6, 6.07) is 6.75. The van der Waals surface area contributed by atoms with Crippen LogP contribution >= 0.6 is 0 Å². The number of ether oxygens (including phenoxy) is 1. The Morgan fingerprint density at radius 1 is 0.634 bits per heavy atom. The fraction of sp³-hybridized carbons (Fsp3) is 0.704. The highest BCUT2D eigenvalue weighted by atomic mass is 17.9. The summed E-state index contributed by atoms with van der Waals surface area (Å²) in [4.78, 5) is 16.5. The maximum atomic E-state index is 11.8. The lowest BCUT2D eigenvalue weighted by molar-refractivity contribution is -0.830. The van der Waals surface area contributed by atoms with Gasteiger partial charge in [0.15, 0.2) is 0 Å². The molecule has 0 aliphatic carbocycles. The standard InChI is InChI=1S/C27H47N3O11/c28-25-20-18-24(19-21-25)26(29)30-27(31)33-22-16-14-12-10-8-6-4-2-1-3-5-7-9-11-13-15-17-23-34-36-38-40-41-39-37-35-32/h18-21,32H,1-17,22-23,28H2,(H2,29,30,31). The molecule has 0 aromatic heterocycles. The van der Waals surface area contributed by atoms with Gasteiger partial charge in [-0.25, -0.2) is 14.9 Å². The van der Waals surface area contributed by atoms with E-state index < -0.39 is 6.09 Å². The number of nitrogens with two attached hydrogens (primary N) is 1. The fourth-order valence-corrected chi connectivity index (χ4v) is 4.05. The first kappa shape index (κ1) is 36.6. The number of hydrogen-bond acceptors (Lipinski definition) is 13. The van der Waals surface area contributed by atoms with Crippen LogP contribution in [-0.4, -0.2) is 30.4 Å². The maximum absolute atomic E-state index is 11.8. The predicted octanol–water partition coefficient (Wildman–Crippen LogP) is 6.96. The number of nitrogens with one attached hydrogen (secondary N) is 2. The first-order valence-corrected chi connectivity index (χ1v) is 14.4. The molecule has 0 radical (unpaired) electrons. The van der Waals surface area contributed by atoms with Crippen LogP contribution in [0.4, 0.5) is 10.5 Å². The van der Waals surface area contributed by atoms with Crippen molar-refractivity contribution in [3.8, 4) is 0 Å². The lowest BCUT2D eigenvalue weighted by Crippen LogP contribution is -2.31. The molecular weight excluding hydrogens is 542 g/mol. The van der Waals surface area contributed by atoms with Crippen molar-refractivity contribution in [3.05, 3.63) is 29.8 Å². The molecule has 0 atom stereocenters. The average molecular weight is 590 g/mol. The third kappa shape index (κ3) is 24.0. The number of nitrogen functional groups attached to an aromatic ring is 1. The van der Waals surface area contributed by atoms with Crippen molar-refractivity contribution in [1.29, 1.82) is 5.41 Å². The van der Waals surface area contributed by atoms with Crippen LogP contribution in [0.25, 0.3) is 0 Å². The molecule has 0 fully saturated rings. The van der Waals surface area contributed by atoms with Gasteiger partial charge in [0.25, 0.3) is 0 Å². The highest BCUT2D eigenvalue weighted by molar-refractivity contribution is 6.04. The van der Waals surface area contributed by atoms with Crippen molar-refractivity contribution in [2.75, 3.05) is 18.9 Å². The number of rotatable bonds is 28. The van der Waals surface area contributed by atoms with E-state index in [1.54, 1.807) is 24.3 Å². The van der Waals surface area contributed by atoms with E-state index in [1.807, 2.05) is 0 Å². The second-order valence-corrected chi connectivity index (χ2v) is 9.57. The first-order chi connectivity index (χ1) is 20.1. The van der Waals surface area contributed by atoms with E-state index >= 15 is 0 Å². The Kier molecular flexibility index (Phi) is 24.8. The minimum atomic E-state index is -0.593. The number of unbranched alkanes of at least 4 members (excludes halogenated alkanes) is 16. The summed E-state index contributed by atoms with van der Waals surface area (Å²) in [6.45, 7) is 0.712. The molecule has 1 rings (SSSR count). The molecule has 236 valence electrons. The quantitative estimate of drug-likeness (QED) is 0.0197. The number of anilines is 1. The molecule has 0 unspecified atom stereocenters. The first-order valence-electron chi connectivity index (χ1n) is 14.4. The molecule has 0 saturated heterocycles. The lowest BCUT2D eigenvalue weighted by Gasteiger charge is -2.08. The largest absolute Gasteiger partial charge is 0.449 e. The maximum Gasteiger partial charge on any atom is 0.412 e. The van der Waals surface area contributed by atoms with E-state index in [0.29, 0.717) is 24.5 Å². The molecular formula is C27H47N3O11. The Labute approximate surface area is 241 Å². The molecule has 0 aliphatic rings. The minimum Gasteiger partial charge on any atom is -0.449 e. The Bertz CT molecular complexity index is 757. The summed E-state index contributed by atoms with van der Waals surface area (Å²) in [5.41, 5.74) is 6.82. The van der Waals surface area contributed by atoms with Crippen LogP contribution < -0.4 is 11.1 Å². The zero-order valence-electron chi connectivity index (χ0n) is 23.9. The van der Waals surface area contributed by atoms with Crippen molar-refractivity contribution in [2.24, 2.45) is 0 Å². The van der Waals surface area contributed by atoms with Crippen LogP contribution in [0, 0.1) is 5.41 Å². The van der Waals surface area contributed by atoms with Gasteiger partial charge < -0.3 is 10.5 Å². The normalized spacial score (nSPS) is 11.0. The molecule has 0 aliphatic heterocycles. The van der Waals surface area contributed by atoms with Crippen LogP contribution in [0.5, 0.6) is 0 Å². The third-order valence-corrected chi connectivity index (χ3v) is 6.25. The van der Waals surface area contributed by atoms with Gasteiger partial charge in [0.2, 0.25) is 0 Å². The monoisotopic (exact) mass is 589 g/mol. The summed E-state index contributed by atoms with van der Waals surface area (Å²) in [6.07, 6.45) is 19.5. The van der Waals surface area contributed by atoms with Crippen molar-refractivity contribution in [1.82, 2.24) is 5.32 Å². The third-order valence-electron chi connectivity index (χ3n) is 6.25. The summed E-state index contributed by atoms with van der Waals surface area (Å²) in [5, 5.41) is 43.7. The zero-order valence-corrected chi connectivity index (χ0v) is 23.9. The van der Waals surface area contributed by atoms with E-state index in [-0.39, 0.29) is 5.84 Å². The molecule has 5 N–H and O–H groups in total. The van der Waals surface area contributed by atoms with Gasteiger partial charge in [0.1, 0.15) is 5.84 Å². The molecule has 0 heterocycles. The summed E-state index contributed by atoms with van der Waals surface area (Å²) >= 11 is 0. The van der Waals surface area contributed by atoms with Crippen LogP contribution in [0.1, 0.15) is 115 Å². The number of amides is 1. The molecule has 1 amide bonds. The Morgan fingerprint density at radius 3 is 1.54 bits per heavy atom. The summed E-state index contributed by atoms with van der Waals surface area (Å²) in [5.74, 6) is 0.00229. The Hall–Kier alpha value is -2.40. The second kappa shape index (κ2) is 27.8. The van der Waals surface area contributed by atoms with Crippen LogP contribution in [0.15, 0.2) is 24.3 Å². The van der Waals surface area contributed by atoms with Gasteiger partial charge in [-0.15, -0.1) is 0 Å². The second-order valence-electron chi connectivity index (χ2n) is 9.57.